The zero-order valence-electron chi connectivity index (χ0n) is 15.5. The fraction of sp³-hybridized carbons (Fsp3) is 0.714. The van der Waals surface area contributed by atoms with Crippen LogP contribution in [-0.4, -0.2) is 39.3 Å². The Morgan fingerprint density at radius 2 is 2.04 bits per heavy atom. The predicted molar refractivity (Wildman–Crippen MR) is 93.2 cm³/mol. The van der Waals surface area contributed by atoms with Gasteiger partial charge in [-0.1, -0.05) is 25.5 Å². The number of hydrogen-bond acceptors (Lipinski definition) is 4. The van der Waals surface area contributed by atoms with Gasteiger partial charge in [-0.15, -0.1) is 0 Å². The molecule has 2 N–H and O–H groups in total. The van der Waals surface area contributed by atoms with E-state index in [0.29, 0.717) is 12.8 Å². The number of aliphatic hydroxyl groups is 1. The SMILES string of the molecule is C[C@@H]1C[C@H]2[C@@H]3CCC4=CC(=O)C=C[C@]4(C)[C@]34OC4C[C@]2(C)[C@]1(O)C(=O)O. The second kappa shape index (κ2) is 4.50. The first-order valence-electron chi connectivity index (χ1n) is 9.69. The maximum absolute atomic E-state index is 12.1. The molecule has 8 atom stereocenters. The van der Waals surface area contributed by atoms with Gasteiger partial charge in [0, 0.05) is 10.8 Å². The number of aliphatic carboxylic acids is 1. The maximum Gasteiger partial charge on any atom is 0.336 e. The summed E-state index contributed by atoms with van der Waals surface area (Å²) in [6, 6.07) is 0. The van der Waals surface area contributed by atoms with Crippen LogP contribution in [0.3, 0.4) is 0 Å². The summed E-state index contributed by atoms with van der Waals surface area (Å²) in [6.45, 7) is 5.99. The molecule has 26 heavy (non-hydrogen) atoms. The van der Waals surface area contributed by atoms with Crippen molar-refractivity contribution in [2.75, 3.05) is 0 Å². The standard InChI is InChI=1S/C21H26O5/c1-11-8-15-14-5-4-12-9-13(22)6-7-18(12,2)21(14)16(26-21)10-19(15,3)20(11,25)17(23)24/h6-7,9,11,14-16,25H,4-5,8,10H2,1-3H3,(H,23,24)/t11-,14+,15+,16?,18+,19+,20-,21+/m1/s1. The molecule has 0 aromatic rings. The second-order valence-corrected chi connectivity index (χ2v) is 9.59. The van der Waals surface area contributed by atoms with E-state index in [4.69, 9.17) is 4.74 Å². The van der Waals surface area contributed by atoms with E-state index in [0.717, 1.165) is 18.4 Å². The van der Waals surface area contributed by atoms with Crippen molar-refractivity contribution in [2.45, 2.75) is 63.8 Å². The van der Waals surface area contributed by atoms with Crippen molar-refractivity contribution in [2.24, 2.45) is 28.6 Å². The minimum absolute atomic E-state index is 0.0416. The molecule has 5 rings (SSSR count). The quantitative estimate of drug-likeness (QED) is 0.703. The van der Waals surface area contributed by atoms with Gasteiger partial charge in [-0.2, -0.15) is 0 Å². The Morgan fingerprint density at radius 1 is 1.31 bits per heavy atom. The first-order chi connectivity index (χ1) is 12.1. The summed E-state index contributed by atoms with van der Waals surface area (Å²) in [4.78, 5) is 23.9. The molecule has 1 unspecified atom stereocenters. The normalized spacial score (nSPS) is 56.8. The van der Waals surface area contributed by atoms with Crippen molar-refractivity contribution in [1.82, 2.24) is 0 Å². The molecule has 5 aliphatic rings. The summed E-state index contributed by atoms with van der Waals surface area (Å²) in [5.74, 6) is -1.02. The molecule has 3 saturated carbocycles. The number of hydrogen-bond donors (Lipinski definition) is 2. The highest BCUT2D eigenvalue weighted by Gasteiger charge is 2.82. The molecule has 1 heterocycles. The van der Waals surface area contributed by atoms with Gasteiger partial charge in [0.2, 0.25) is 0 Å². The van der Waals surface area contributed by atoms with Gasteiger partial charge >= 0.3 is 5.97 Å². The van der Waals surface area contributed by atoms with E-state index in [1.54, 1.807) is 12.2 Å². The number of ketones is 1. The van der Waals surface area contributed by atoms with Gasteiger partial charge in [0.1, 0.15) is 5.60 Å². The minimum atomic E-state index is -1.70. The number of ether oxygens (including phenoxy) is 1. The van der Waals surface area contributed by atoms with Crippen LogP contribution in [0, 0.1) is 28.6 Å². The molecular weight excluding hydrogens is 332 g/mol. The van der Waals surface area contributed by atoms with Crippen LogP contribution in [0.25, 0.3) is 0 Å². The van der Waals surface area contributed by atoms with E-state index in [1.165, 1.54) is 0 Å². The van der Waals surface area contributed by atoms with Crippen molar-refractivity contribution >= 4 is 11.8 Å². The van der Waals surface area contributed by atoms with Crippen LogP contribution in [0.4, 0.5) is 0 Å². The van der Waals surface area contributed by atoms with E-state index in [2.05, 4.69) is 6.92 Å². The second-order valence-electron chi connectivity index (χ2n) is 9.59. The highest BCUT2D eigenvalue weighted by Crippen LogP contribution is 2.76. The summed E-state index contributed by atoms with van der Waals surface area (Å²) < 4.78 is 6.38. The topological polar surface area (TPSA) is 87.1 Å². The smallest absolute Gasteiger partial charge is 0.336 e. The van der Waals surface area contributed by atoms with Gasteiger partial charge in [-0.05, 0) is 62.5 Å². The average molecular weight is 358 g/mol. The summed E-state index contributed by atoms with van der Waals surface area (Å²) in [6.07, 6.45) is 8.37. The van der Waals surface area contributed by atoms with Crippen molar-refractivity contribution in [3.8, 4) is 0 Å². The molecule has 0 amide bonds. The zero-order valence-corrected chi connectivity index (χ0v) is 15.5. The van der Waals surface area contributed by atoms with Crippen LogP contribution < -0.4 is 0 Å². The highest BCUT2D eigenvalue weighted by atomic mass is 16.6. The monoisotopic (exact) mass is 358 g/mol. The number of fused-ring (bicyclic) bond motifs is 3. The molecule has 1 saturated heterocycles. The molecule has 4 fully saturated rings. The van der Waals surface area contributed by atoms with Gasteiger partial charge < -0.3 is 14.9 Å². The van der Waals surface area contributed by atoms with Gasteiger partial charge in [0.15, 0.2) is 11.4 Å². The van der Waals surface area contributed by atoms with Gasteiger partial charge in [-0.25, -0.2) is 4.79 Å². The van der Waals surface area contributed by atoms with E-state index in [-0.39, 0.29) is 40.7 Å². The van der Waals surface area contributed by atoms with Crippen molar-refractivity contribution in [1.29, 1.82) is 0 Å². The molecule has 0 aromatic carbocycles. The number of carbonyl (C=O) groups excluding carboxylic acids is 1. The fourth-order valence-corrected chi connectivity index (χ4v) is 7.44. The van der Waals surface area contributed by atoms with Crippen LogP contribution in [0.15, 0.2) is 23.8 Å². The van der Waals surface area contributed by atoms with Gasteiger partial charge in [-0.3, -0.25) is 4.79 Å². The lowest BCUT2D eigenvalue weighted by atomic mass is 9.47. The number of rotatable bonds is 1. The van der Waals surface area contributed by atoms with Gasteiger partial charge in [0.25, 0.3) is 0 Å². The van der Waals surface area contributed by atoms with Gasteiger partial charge in [0.05, 0.1) is 6.10 Å². The summed E-state index contributed by atoms with van der Waals surface area (Å²) in [5, 5.41) is 21.1. The van der Waals surface area contributed by atoms with E-state index < -0.39 is 17.0 Å². The summed E-state index contributed by atoms with van der Waals surface area (Å²) in [7, 11) is 0. The Kier molecular flexibility index (Phi) is 2.89. The molecule has 1 aliphatic heterocycles. The molecule has 140 valence electrons. The van der Waals surface area contributed by atoms with Crippen LogP contribution in [0.2, 0.25) is 0 Å². The molecule has 0 bridgehead atoms. The third kappa shape index (κ3) is 1.50. The molecule has 0 aromatic heterocycles. The number of carboxylic acids is 1. The fourth-order valence-electron chi connectivity index (χ4n) is 7.44. The number of epoxide rings is 1. The zero-order chi connectivity index (χ0) is 18.7. The first-order valence-corrected chi connectivity index (χ1v) is 9.69. The predicted octanol–water partition coefficient (Wildman–Crippen LogP) is 2.49. The van der Waals surface area contributed by atoms with E-state index in [1.807, 2.05) is 19.9 Å². The molecule has 5 nitrogen and oxygen atoms in total. The Labute approximate surface area is 153 Å². The highest BCUT2D eigenvalue weighted by molar-refractivity contribution is 6.01. The van der Waals surface area contributed by atoms with Crippen molar-refractivity contribution < 1.29 is 24.5 Å². The van der Waals surface area contributed by atoms with Crippen molar-refractivity contribution in [3.63, 3.8) is 0 Å². The summed E-state index contributed by atoms with van der Waals surface area (Å²) in [5.41, 5.74) is -1.89. The molecular formula is C21H26O5. The Bertz CT molecular complexity index is 798. The third-order valence-corrected chi connectivity index (χ3v) is 8.84. The van der Waals surface area contributed by atoms with Crippen LogP contribution in [0.5, 0.6) is 0 Å². The lowest BCUT2D eigenvalue weighted by Gasteiger charge is -2.55. The Hall–Kier alpha value is -1.46. The van der Waals surface area contributed by atoms with Crippen LogP contribution in [0.1, 0.15) is 46.5 Å². The lowest BCUT2D eigenvalue weighted by molar-refractivity contribution is -0.183. The summed E-state index contributed by atoms with van der Waals surface area (Å²) >= 11 is 0. The number of carbonyl (C=O) groups is 2. The van der Waals surface area contributed by atoms with Crippen molar-refractivity contribution in [3.05, 3.63) is 23.8 Å². The molecule has 5 heteroatoms. The number of allylic oxidation sites excluding steroid dienone is 2. The minimum Gasteiger partial charge on any atom is -0.479 e. The van der Waals surface area contributed by atoms with E-state index >= 15 is 0 Å². The largest absolute Gasteiger partial charge is 0.479 e. The van der Waals surface area contributed by atoms with Crippen LogP contribution >= 0.6 is 0 Å². The van der Waals surface area contributed by atoms with E-state index in [9.17, 15) is 19.8 Å². The Balaban J connectivity index is 1.62. The molecule has 0 radical (unpaired) electrons. The lowest BCUT2D eigenvalue weighted by Crippen LogP contribution is -2.61. The number of carboxylic acid groups (broad SMARTS) is 1. The molecule has 4 aliphatic carbocycles. The third-order valence-electron chi connectivity index (χ3n) is 8.84. The van der Waals surface area contributed by atoms with Crippen LogP contribution in [-0.2, 0) is 14.3 Å². The molecule has 1 spiro atoms. The average Bonchev–Trinajstić information content (AvgIpc) is 3.25. The maximum atomic E-state index is 12.1. The first kappa shape index (κ1) is 16.7. The Morgan fingerprint density at radius 3 is 2.73 bits per heavy atom.